The van der Waals surface area contributed by atoms with Gasteiger partial charge in [0.1, 0.15) is 5.82 Å². The molecule has 6 nitrogen and oxygen atoms in total. The molecule has 1 amide bonds. The number of esters is 1. The standard InChI is InChI=1S/C23H23N3O3/c1-3-26(20-8-6-5-7-9-20)22(27)18-12-15-21(24-16-18)25-19-13-10-17(11-14-19)23(28)29-4-2/h5-16H,3-4H2,1-2H3,(H,24,25). The van der Waals surface area contributed by atoms with Gasteiger partial charge in [-0.3, -0.25) is 4.79 Å². The van der Waals surface area contributed by atoms with Crippen molar-refractivity contribution in [1.29, 1.82) is 0 Å². The molecule has 148 valence electrons. The quantitative estimate of drug-likeness (QED) is 0.595. The van der Waals surface area contributed by atoms with Gasteiger partial charge in [-0.1, -0.05) is 18.2 Å². The van der Waals surface area contributed by atoms with Crippen LogP contribution in [0.15, 0.2) is 72.9 Å². The molecule has 0 unspecified atom stereocenters. The molecule has 0 aliphatic carbocycles. The molecule has 2 aromatic carbocycles. The molecule has 1 heterocycles. The van der Waals surface area contributed by atoms with Gasteiger partial charge in [0, 0.05) is 24.1 Å². The summed E-state index contributed by atoms with van der Waals surface area (Å²) >= 11 is 0. The van der Waals surface area contributed by atoms with Crippen molar-refractivity contribution in [3.8, 4) is 0 Å². The normalized spacial score (nSPS) is 10.3. The second-order valence-corrected chi connectivity index (χ2v) is 6.24. The van der Waals surface area contributed by atoms with Crippen molar-refractivity contribution in [3.05, 3.63) is 84.1 Å². The van der Waals surface area contributed by atoms with Crippen LogP contribution >= 0.6 is 0 Å². The molecule has 29 heavy (non-hydrogen) atoms. The molecular formula is C23H23N3O3. The van der Waals surface area contributed by atoms with E-state index in [1.807, 2.05) is 37.3 Å². The molecule has 0 aliphatic heterocycles. The first kappa shape index (κ1) is 20.1. The van der Waals surface area contributed by atoms with Crippen molar-refractivity contribution in [2.75, 3.05) is 23.4 Å². The van der Waals surface area contributed by atoms with Gasteiger partial charge in [-0.25, -0.2) is 9.78 Å². The SMILES string of the molecule is CCOC(=O)c1ccc(Nc2ccc(C(=O)N(CC)c3ccccc3)cn2)cc1. The number of para-hydroxylation sites is 1. The van der Waals surface area contributed by atoms with Gasteiger partial charge in [0.2, 0.25) is 0 Å². The number of aromatic nitrogens is 1. The van der Waals surface area contributed by atoms with Crippen molar-refractivity contribution >= 4 is 29.1 Å². The monoisotopic (exact) mass is 389 g/mol. The molecule has 0 aliphatic rings. The van der Waals surface area contributed by atoms with Crippen LogP contribution in [0.1, 0.15) is 34.6 Å². The highest BCUT2D eigenvalue weighted by atomic mass is 16.5. The second kappa shape index (κ2) is 9.50. The molecule has 1 aromatic heterocycles. The highest BCUT2D eigenvalue weighted by Gasteiger charge is 2.16. The van der Waals surface area contributed by atoms with Crippen molar-refractivity contribution in [2.45, 2.75) is 13.8 Å². The molecule has 0 saturated heterocycles. The van der Waals surface area contributed by atoms with E-state index in [0.717, 1.165) is 11.4 Å². The Kier molecular flexibility index (Phi) is 6.58. The predicted octanol–water partition coefficient (Wildman–Crippen LogP) is 4.67. The lowest BCUT2D eigenvalue weighted by Crippen LogP contribution is -2.30. The number of pyridine rings is 1. The summed E-state index contributed by atoms with van der Waals surface area (Å²) in [5.41, 5.74) is 2.64. The number of ether oxygens (including phenoxy) is 1. The van der Waals surface area contributed by atoms with Crippen molar-refractivity contribution < 1.29 is 14.3 Å². The lowest BCUT2D eigenvalue weighted by molar-refractivity contribution is 0.0526. The van der Waals surface area contributed by atoms with E-state index in [2.05, 4.69) is 10.3 Å². The predicted molar refractivity (Wildman–Crippen MR) is 114 cm³/mol. The zero-order valence-corrected chi connectivity index (χ0v) is 16.5. The van der Waals surface area contributed by atoms with Crippen LogP contribution < -0.4 is 10.2 Å². The number of nitrogens with one attached hydrogen (secondary N) is 1. The Labute approximate surface area is 170 Å². The molecule has 3 rings (SSSR count). The summed E-state index contributed by atoms with van der Waals surface area (Å²) in [5.74, 6) is 0.156. The van der Waals surface area contributed by atoms with E-state index in [4.69, 9.17) is 4.74 Å². The minimum atomic E-state index is -0.348. The third kappa shape index (κ3) is 4.99. The highest BCUT2D eigenvalue weighted by Crippen LogP contribution is 2.19. The first-order valence-corrected chi connectivity index (χ1v) is 9.49. The summed E-state index contributed by atoms with van der Waals surface area (Å²) in [5, 5.41) is 3.15. The lowest BCUT2D eigenvalue weighted by Gasteiger charge is -2.21. The van der Waals surface area contributed by atoms with E-state index in [9.17, 15) is 9.59 Å². The lowest BCUT2D eigenvalue weighted by atomic mass is 10.2. The Morgan fingerprint density at radius 1 is 0.931 bits per heavy atom. The number of hydrogen-bond donors (Lipinski definition) is 1. The number of amides is 1. The summed E-state index contributed by atoms with van der Waals surface area (Å²) in [6.07, 6.45) is 1.56. The molecule has 0 bridgehead atoms. The van der Waals surface area contributed by atoms with Crippen molar-refractivity contribution in [2.24, 2.45) is 0 Å². The van der Waals surface area contributed by atoms with E-state index in [0.29, 0.717) is 30.1 Å². The Hall–Kier alpha value is -3.67. The average Bonchev–Trinajstić information content (AvgIpc) is 2.76. The third-order valence-electron chi connectivity index (χ3n) is 4.31. The molecule has 3 aromatic rings. The van der Waals surface area contributed by atoms with E-state index in [1.165, 1.54) is 0 Å². The largest absolute Gasteiger partial charge is 0.462 e. The average molecular weight is 389 g/mol. The Balaban J connectivity index is 1.68. The Morgan fingerprint density at radius 2 is 1.62 bits per heavy atom. The fraction of sp³-hybridized carbons (Fsp3) is 0.174. The number of nitrogens with zero attached hydrogens (tertiary/aromatic N) is 2. The van der Waals surface area contributed by atoms with Gasteiger partial charge >= 0.3 is 5.97 Å². The molecule has 0 atom stereocenters. The van der Waals surface area contributed by atoms with E-state index in [1.54, 1.807) is 54.4 Å². The maximum atomic E-state index is 12.8. The number of benzene rings is 2. The van der Waals surface area contributed by atoms with Crippen molar-refractivity contribution in [3.63, 3.8) is 0 Å². The molecule has 0 saturated carbocycles. The van der Waals surface area contributed by atoms with Crippen LogP contribution in [-0.4, -0.2) is 30.0 Å². The topological polar surface area (TPSA) is 71.5 Å². The summed E-state index contributed by atoms with van der Waals surface area (Å²) in [6.45, 7) is 4.62. The number of anilines is 3. The van der Waals surface area contributed by atoms with Gasteiger partial charge in [-0.15, -0.1) is 0 Å². The van der Waals surface area contributed by atoms with Crippen LogP contribution in [0.3, 0.4) is 0 Å². The molecule has 1 N–H and O–H groups in total. The molecule has 0 spiro atoms. The summed E-state index contributed by atoms with van der Waals surface area (Å²) in [7, 11) is 0. The first-order valence-electron chi connectivity index (χ1n) is 9.49. The van der Waals surface area contributed by atoms with E-state index in [-0.39, 0.29) is 11.9 Å². The first-order chi connectivity index (χ1) is 14.1. The number of rotatable bonds is 7. The summed E-state index contributed by atoms with van der Waals surface area (Å²) < 4.78 is 4.97. The van der Waals surface area contributed by atoms with Gasteiger partial charge < -0.3 is 15.0 Å². The fourth-order valence-corrected chi connectivity index (χ4v) is 2.85. The van der Waals surface area contributed by atoms with Crippen LogP contribution in [0.25, 0.3) is 0 Å². The zero-order chi connectivity index (χ0) is 20.6. The minimum Gasteiger partial charge on any atom is -0.462 e. The highest BCUT2D eigenvalue weighted by molar-refractivity contribution is 6.06. The maximum Gasteiger partial charge on any atom is 0.338 e. The Bertz CT molecular complexity index is 955. The summed E-state index contributed by atoms with van der Waals surface area (Å²) in [6, 6.07) is 20.0. The smallest absolute Gasteiger partial charge is 0.338 e. The van der Waals surface area contributed by atoms with Gasteiger partial charge in [0.25, 0.3) is 5.91 Å². The van der Waals surface area contributed by atoms with Gasteiger partial charge in [-0.2, -0.15) is 0 Å². The molecule has 0 radical (unpaired) electrons. The number of carbonyl (C=O) groups excluding carboxylic acids is 2. The van der Waals surface area contributed by atoms with Gasteiger partial charge in [0.15, 0.2) is 0 Å². The fourth-order valence-electron chi connectivity index (χ4n) is 2.85. The van der Waals surface area contributed by atoms with Gasteiger partial charge in [0.05, 0.1) is 17.7 Å². The molecule has 6 heteroatoms. The third-order valence-corrected chi connectivity index (χ3v) is 4.31. The molecular weight excluding hydrogens is 366 g/mol. The van der Waals surface area contributed by atoms with Crippen LogP contribution in [0.5, 0.6) is 0 Å². The van der Waals surface area contributed by atoms with E-state index >= 15 is 0 Å². The van der Waals surface area contributed by atoms with Crippen LogP contribution in [0.4, 0.5) is 17.2 Å². The Morgan fingerprint density at radius 3 is 2.21 bits per heavy atom. The van der Waals surface area contributed by atoms with Crippen molar-refractivity contribution in [1.82, 2.24) is 4.98 Å². The van der Waals surface area contributed by atoms with Crippen LogP contribution in [-0.2, 0) is 4.74 Å². The van der Waals surface area contributed by atoms with Crippen LogP contribution in [0, 0.1) is 0 Å². The van der Waals surface area contributed by atoms with Gasteiger partial charge in [-0.05, 0) is 62.4 Å². The van der Waals surface area contributed by atoms with E-state index < -0.39 is 0 Å². The number of hydrogen-bond acceptors (Lipinski definition) is 5. The van der Waals surface area contributed by atoms with Crippen LogP contribution in [0.2, 0.25) is 0 Å². The maximum absolute atomic E-state index is 12.8. The zero-order valence-electron chi connectivity index (χ0n) is 16.5. The molecule has 0 fully saturated rings. The second-order valence-electron chi connectivity index (χ2n) is 6.24. The summed E-state index contributed by atoms with van der Waals surface area (Å²) in [4.78, 5) is 30.6. The number of carbonyl (C=O) groups is 2. The minimum absolute atomic E-state index is 0.100.